The smallest absolute Gasteiger partial charge is 0.352 e. The number of fused-ring (bicyclic) bond motifs is 1. The lowest BCUT2D eigenvalue weighted by atomic mass is 10.1. The Morgan fingerprint density at radius 1 is 1.22 bits per heavy atom. The van der Waals surface area contributed by atoms with E-state index in [1.807, 2.05) is 25.1 Å². The molecule has 0 fully saturated rings. The first-order chi connectivity index (χ1) is 13.0. The molecule has 2 N–H and O–H groups in total. The summed E-state index contributed by atoms with van der Waals surface area (Å²) in [7, 11) is 1.63. The third-order valence-corrected chi connectivity index (χ3v) is 4.57. The molecule has 3 rings (SSSR count). The van der Waals surface area contributed by atoms with Gasteiger partial charge in [-0.3, -0.25) is 0 Å². The SMILES string of the molecule is COCCNCc1c(C(=O)O)n(Cc2ccc(F)cc2)c2cc(C)ccc12. The summed E-state index contributed by atoms with van der Waals surface area (Å²) in [5.74, 6) is -1.29. The molecule has 1 heterocycles. The highest BCUT2D eigenvalue weighted by molar-refractivity contribution is 5.98. The predicted molar refractivity (Wildman–Crippen MR) is 103 cm³/mol. The number of methoxy groups -OCH3 is 1. The number of ether oxygens (including phenoxy) is 1. The molecule has 6 heteroatoms. The average molecular weight is 370 g/mol. The van der Waals surface area contributed by atoms with E-state index in [9.17, 15) is 14.3 Å². The topological polar surface area (TPSA) is 63.5 Å². The molecule has 5 nitrogen and oxygen atoms in total. The standard InChI is InChI=1S/C21H23FN2O3/c1-14-3-8-17-18(12-23-9-10-27-2)20(21(25)26)24(19(17)11-14)13-15-4-6-16(22)7-5-15/h3-8,11,23H,9-10,12-13H2,1-2H3,(H,25,26). The second-order valence-electron chi connectivity index (χ2n) is 6.54. The van der Waals surface area contributed by atoms with Crippen LogP contribution in [-0.2, 0) is 17.8 Å². The molecule has 0 unspecified atom stereocenters. The van der Waals surface area contributed by atoms with Crippen molar-refractivity contribution in [1.29, 1.82) is 0 Å². The summed E-state index contributed by atoms with van der Waals surface area (Å²) in [6.07, 6.45) is 0. The van der Waals surface area contributed by atoms with E-state index in [1.165, 1.54) is 12.1 Å². The monoisotopic (exact) mass is 370 g/mol. The van der Waals surface area contributed by atoms with E-state index in [1.54, 1.807) is 23.8 Å². The molecule has 0 aliphatic carbocycles. The molecular weight excluding hydrogens is 347 g/mol. The van der Waals surface area contributed by atoms with Crippen LogP contribution in [0.15, 0.2) is 42.5 Å². The third kappa shape index (κ3) is 4.18. The number of aromatic nitrogens is 1. The van der Waals surface area contributed by atoms with E-state index in [2.05, 4.69) is 5.32 Å². The number of benzene rings is 2. The third-order valence-electron chi connectivity index (χ3n) is 4.57. The minimum atomic E-state index is -0.977. The number of rotatable bonds is 8. The first-order valence-corrected chi connectivity index (χ1v) is 8.80. The van der Waals surface area contributed by atoms with Crippen molar-refractivity contribution in [3.05, 3.63) is 70.7 Å². The molecule has 0 saturated heterocycles. The number of nitrogens with one attached hydrogen (secondary N) is 1. The Labute approximate surface area is 157 Å². The number of carbonyl (C=O) groups is 1. The lowest BCUT2D eigenvalue weighted by molar-refractivity contribution is 0.0684. The highest BCUT2D eigenvalue weighted by atomic mass is 19.1. The van der Waals surface area contributed by atoms with Crippen molar-refractivity contribution in [2.75, 3.05) is 20.3 Å². The molecule has 0 amide bonds. The molecule has 142 valence electrons. The Bertz CT molecular complexity index is 948. The molecule has 0 bridgehead atoms. The second-order valence-corrected chi connectivity index (χ2v) is 6.54. The maximum Gasteiger partial charge on any atom is 0.352 e. The van der Waals surface area contributed by atoms with Gasteiger partial charge >= 0.3 is 5.97 Å². The highest BCUT2D eigenvalue weighted by Crippen LogP contribution is 2.28. The van der Waals surface area contributed by atoms with Crippen molar-refractivity contribution in [2.45, 2.75) is 20.0 Å². The van der Waals surface area contributed by atoms with Crippen molar-refractivity contribution in [1.82, 2.24) is 9.88 Å². The fourth-order valence-corrected chi connectivity index (χ4v) is 3.28. The summed E-state index contributed by atoms with van der Waals surface area (Å²) in [5.41, 5.74) is 3.76. The van der Waals surface area contributed by atoms with Gasteiger partial charge in [-0.25, -0.2) is 9.18 Å². The Balaban J connectivity index is 2.09. The maximum atomic E-state index is 13.2. The van der Waals surface area contributed by atoms with Gasteiger partial charge in [0.25, 0.3) is 0 Å². The van der Waals surface area contributed by atoms with E-state index >= 15 is 0 Å². The number of nitrogens with zero attached hydrogens (tertiary/aromatic N) is 1. The molecule has 0 aliphatic heterocycles. The number of hydrogen-bond donors (Lipinski definition) is 2. The molecule has 0 radical (unpaired) electrons. The number of aromatic carboxylic acids is 1. The first-order valence-electron chi connectivity index (χ1n) is 8.80. The van der Waals surface area contributed by atoms with Gasteiger partial charge in [-0.05, 0) is 36.2 Å². The molecule has 0 atom stereocenters. The zero-order valence-electron chi connectivity index (χ0n) is 15.5. The van der Waals surface area contributed by atoms with Crippen LogP contribution in [0.4, 0.5) is 4.39 Å². The Morgan fingerprint density at radius 3 is 2.63 bits per heavy atom. The van der Waals surface area contributed by atoms with Crippen molar-refractivity contribution in [3.63, 3.8) is 0 Å². The van der Waals surface area contributed by atoms with Crippen LogP contribution in [0.1, 0.15) is 27.2 Å². The second kappa shape index (κ2) is 8.33. The van der Waals surface area contributed by atoms with Gasteiger partial charge in [-0.2, -0.15) is 0 Å². The van der Waals surface area contributed by atoms with Gasteiger partial charge in [0.2, 0.25) is 0 Å². The van der Waals surface area contributed by atoms with Crippen LogP contribution in [0.25, 0.3) is 10.9 Å². The van der Waals surface area contributed by atoms with E-state index in [0.717, 1.165) is 27.6 Å². The zero-order chi connectivity index (χ0) is 19.4. The minimum absolute atomic E-state index is 0.254. The Hall–Kier alpha value is -2.70. The molecule has 0 aliphatic rings. The summed E-state index contributed by atoms with van der Waals surface area (Å²) in [6.45, 7) is 3.95. The van der Waals surface area contributed by atoms with Gasteiger partial charge in [0.15, 0.2) is 0 Å². The summed E-state index contributed by atoms with van der Waals surface area (Å²) in [5, 5.41) is 14.1. The fourth-order valence-electron chi connectivity index (χ4n) is 3.28. The quantitative estimate of drug-likeness (QED) is 0.595. The number of hydrogen-bond acceptors (Lipinski definition) is 3. The zero-order valence-corrected chi connectivity index (χ0v) is 15.5. The van der Waals surface area contributed by atoms with Gasteiger partial charge in [-0.15, -0.1) is 0 Å². The van der Waals surface area contributed by atoms with Crippen LogP contribution in [-0.4, -0.2) is 35.9 Å². The van der Waals surface area contributed by atoms with Crippen molar-refractivity contribution >= 4 is 16.9 Å². The van der Waals surface area contributed by atoms with Crippen molar-refractivity contribution in [2.24, 2.45) is 0 Å². The van der Waals surface area contributed by atoms with Crippen LogP contribution in [0.5, 0.6) is 0 Å². The van der Waals surface area contributed by atoms with Crippen molar-refractivity contribution < 1.29 is 19.0 Å². The minimum Gasteiger partial charge on any atom is -0.477 e. The lowest BCUT2D eigenvalue weighted by Gasteiger charge is -2.10. The molecule has 1 aromatic heterocycles. The predicted octanol–water partition coefficient (Wildman–Crippen LogP) is 3.57. The van der Waals surface area contributed by atoms with Crippen LogP contribution in [0.3, 0.4) is 0 Å². The Kier molecular flexibility index (Phi) is 5.88. The van der Waals surface area contributed by atoms with Gasteiger partial charge in [0.1, 0.15) is 11.5 Å². The lowest BCUT2D eigenvalue weighted by Crippen LogP contribution is -2.20. The normalized spacial score (nSPS) is 11.2. The highest BCUT2D eigenvalue weighted by Gasteiger charge is 2.22. The van der Waals surface area contributed by atoms with Gasteiger partial charge in [0.05, 0.1) is 6.61 Å². The van der Waals surface area contributed by atoms with E-state index in [-0.39, 0.29) is 11.5 Å². The summed E-state index contributed by atoms with van der Waals surface area (Å²) in [4.78, 5) is 12.1. The summed E-state index contributed by atoms with van der Waals surface area (Å²) in [6, 6.07) is 12.1. The van der Waals surface area contributed by atoms with Gasteiger partial charge < -0.3 is 19.7 Å². The number of halogens is 1. The fraction of sp³-hybridized carbons (Fsp3) is 0.286. The number of carboxylic acid groups (broad SMARTS) is 1. The molecule has 2 aromatic carbocycles. The molecule has 3 aromatic rings. The van der Waals surface area contributed by atoms with Gasteiger partial charge in [-0.1, -0.05) is 24.3 Å². The molecule has 0 saturated carbocycles. The van der Waals surface area contributed by atoms with Crippen LogP contribution >= 0.6 is 0 Å². The number of aryl methyl sites for hydroxylation is 1. The van der Waals surface area contributed by atoms with E-state index in [0.29, 0.717) is 26.2 Å². The van der Waals surface area contributed by atoms with E-state index < -0.39 is 5.97 Å². The largest absolute Gasteiger partial charge is 0.477 e. The first kappa shape index (κ1) is 19.1. The molecule has 0 spiro atoms. The number of carboxylic acids is 1. The Morgan fingerprint density at radius 2 is 1.96 bits per heavy atom. The van der Waals surface area contributed by atoms with Crippen LogP contribution in [0.2, 0.25) is 0 Å². The summed E-state index contributed by atoms with van der Waals surface area (Å²) < 4.78 is 20.1. The average Bonchev–Trinajstić information content (AvgIpc) is 2.93. The molecule has 27 heavy (non-hydrogen) atoms. The summed E-state index contributed by atoms with van der Waals surface area (Å²) >= 11 is 0. The van der Waals surface area contributed by atoms with Gasteiger partial charge in [0, 0.05) is 43.2 Å². The van der Waals surface area contributed by atoms with Crippen molar-refractivity contribution in [3.8, 4) is 0 Å². The maximum absolute atomic E-state index is 13.2. The molecular formula is C21H23FN2O3. The van der Waals surface area contributed by atoms with Crippen LogP contribution < -0.4 is 5.32 Å². The van der Waals surface area contributed by atoms with Crippen LogP contribution in [0, 0.1) is 12.7 Å². The van der Waals surface area contributed by atoms with E-state index in [4.69, 9.17) is 4.74 Å².